The van der Waals surface area contributed by atoms with Crippen molar-refractivity contribution in [1.82, 2.24) is 10.2 Å². The molecule has 0 saturated heterocycles. The van der Waals surface area contributed by atoms with E-state index in [1.54, 1.807) is 0 Å². The van der Waals surface area contributed by atoms with Gasteiger partial charge in [0.15, 0.2) is 6.61 Å². The lowest BCUT2D eigenvalue weighted by molar-refractivity contribution is -0.123. The van der Waals surface area contributed by atoms with E-state index in [0.717, 1.165) is 0 Å². The largest absolute Gasteiger partial charge is 0.452 e. The summed E-state index contributed by atoms with van der Waals surface area (Å²) in [7, 11) is 0. The highest BCUT2D eigenvalue weighted by atomic mass is 16.5. The zero-order chi connectivity index (χ0) is 19.3. The van der Waals surface area contributed by atoms with Gasteiger partial charge in [-0.25, -0.2) is 4.79 Å². The van der Waals surface area contributed by atoms with Crippen LogP contribution in [0.5, 0.6) is 0 Å². The second-order valence-electron chi connectivity index (χ2n) is 6.26. The van der Waals surface area contributed by atoms with Crippen LogP contribution in [0.2, 0.25) is 0 Å². The molecule has 0 aromatic heterocycles. The standard InChI is InChI=1S/C19H20N2O5/c1-4-8-20-16(22)11-26-19(25)13-5-6-14-15(10-13)18(24)21(17(14)23)9-7-12(2)3/h1,5-6,10,12H,7-9,11H2,2-3H3,(H,20,22). The first-order chi connectivity index (χ1) is 12.3. The van der Waals surface area contributed by atoms with Crippen molar-refractivity contribution < 1.29 is 23.9 Å². The maximum Gasteiger partial charge on any atom is 0.338 e. The Kier molecular flexibility index (Phi) is 6.12. The van der Waals surface area contributed by atoms with Crippen molar-refractivity contribution in [3.63, 3.8) is 0 Å². The summed E-state index contributed by atoms with van der Waals surface area (Å²) in [5.41, 5.74) is 0.535. The second kappa shape index (κ2) is 8.30. The average molecular weight is 356 g/mol. The number of terminal acetylenes is 1. The summed E-state index contributed by atoms with van der Waals surface area (Å²) in [6.45, 7) is 3.90. The van der Waals surface area contributed by atoms with Crippen LogP contribution in [0.1, 0.15) is 51.3 Å². The monoisotopic (exact) mass is 356 g/mol. The van der Waals surface area contributed by atoms with Gasteiger partial charge in [0, 0.05) is 6.54 Å². The molecule has 1 aromatic carbocycles. The van der Waals surface area contributed by atoms with E-state index in [0.29, 0.717) is 18.9 Å². The van der Waals surface area contributed by atoms with Gasteiger partial charge in [-0.2, -0.15) is 0 Å². The summed E-state index contributed by atoms with van der Waals surface area (Å²) >= 11 is 0. The lowest BCUT2D eigenvalue weighted by Crippen LogP contribution is -2.31. The minimum atomic E-state index is -0.760. The van der Waals surface area contributed by atoms with E-state index in [2.05, 4.69) is 11.2 Å². The SMILES string of the molecule is C#CCNC(=O)COC(=O)c1ccc2c(c1)C(=O)N(CCC(C)C)C2=O. The van der Waals surface area contributed by atoms with Gasteiger partial charge in [-0.3, -0.25) is 19.3 Å². The summed E-state index contributed by atoms with van der Waals surface area (Å²) in [6, 6.07) is 4.16. The van der Waals surface area contributed by atoms with Crippen LogP contribution >= 0.6 is 0 Å². The number of hydrogen-bond acceptors (Lipinski definition) is 5. The minimum Gasteiger partial charge on any atom is -0.452 e. The molecule has 26 heavy (non-hydrogen) atoms. The van der Waals surface area contributed by atoms with E-state index in [1.807, 2.05) is 13.8 Å². The Morgan fingerprint density at radius 3 is 2.58 bits per heavy atom. The van der Waals surface area contributed by atoms with E-state index in [4.69, 9.17) is 11.2 Å². The molecular weight excluding hydrogens is 336 g/mol. The first-order valence-corrected chi connectivity index (χ1v) is 8.22. The molecule has 1 N–H and O–H groups in total. The predicted octanol–water partition coefficient (Wildman–Crippen LogP) is 1.23. The number of carbonyl (C=O) groups is 4. The molecule has 0 radical (unpaired) electrons. The quantitative estimate of drug-likeness (QED) is 0.451. The first-order valence-electron chi connectivity index (χ1n) is 8.22. The number of imide groups is 1. The van der Waals surface area contributed by atoms with Crippen LogP contribution in [-0.2, 0) is 9.53 Å². The highest BCUT2D eigenvalue weighted by Crippen LogP contribution is 2.25. The van der Waals surface area contributed by atoms with Gasteiger partial charge in [-0.15, -0.1) is 6.42 Å². The van der Waals surface area contributed by atoms with Crippen molar-refractivity contribution in [3.05, 3.63) is 34.9 Å². The number of nitrogens with one attached hydrogen (secondary N) is 1. The highest BCUT2D eigenvalue weighted by molar-refractivity contribution is 6.21. The minimum absolute atomic E-state index is 0.0397. The van der Waals surface area contributed by atoms with Crippen LogP contribution in [0.25, 0.3) is 0 Å². The molecule has 1 heterocycles. The second-order valence-corrected chi connectivity index (χ2v) is 6.26. The normalized spacial score (nSPS) is 12.8. The number of benzene rings is 1. The molecule has 3 amide bonds. The van der Waals surface area contributed by atoms with E-state index < -0.39 is 24.4 Å². The number of nitrogens with zero attached hydrogens (tertiary/aromatic N) is 1. The van der Waals surface area contributed by atoms with Crippen molar-refractivity contribution in [2.75, 3.05) is 19.7 Å². The molecule has 0 atom stereocenters. The molecule has 1 aromatic rings. The number of amides is 3. The van der Waals surface area contributed by atoms with Crippen molar-refractivity contribution >= 4 is 23.7 Å². The highest BCUT2D eigenvalue weighted by Gasteiger charge is 2.35. The van der Waals surface area contributed by atoms with Gasteiger partial charge in [0.2, 0.25) is 0 Å². The maximum absolute atomic E-state index is 12.4. The molecule has 0 saturated carbocycles. The first kappa shape index (κ1) is 19.2. The number of fused-ring (bicyclic) bond motifs is 1. The molecule has 0 fully saturated rings. The van der Waals surface area contributed by atoms with Gasteiger partial charge >= 0.3 is 5.97 Å². The summed E-state index contributed by atoms with van der Waals surface area (Å²) < 4.78 is 4.89. The van der Waals surface area contributed by atoms with Gasteiger partial charge in [0.25, 0.3) is 17.7 Å². The molecule has 7 heteroatoms. The Bertz CT molecular complexity index is 792. The van der Waals surface area contributed by atoms with Crippen molar-refractivity contribution in [1.29, 1.82) is 0 Å². The van der Waals surface area contributed by atoms with E-state index in [-0.39, 0.29) is 29.1 Å². The molecule has 0 spiro atoms. The lowest BCUT2D eigenvalue weighted by Gasteiger charge is -2.14. The average Bonchev–Trinajstić information content (AvgIpc) is 2.86. The molecule has 0 bridgehead atoms. The van der Waals surface area contributed by atoms with Crippen molar-refractivity contribution in [2.24, 2.45) is 5.92 Å². The van der Waals surface area contributed by atoms with Crippen LogP contribution in [-0.4, -0.2) is 48.3 Å². The summed E-state index contributed by atoms with van der Waals surface area (Å²) in [5, 5.41) is 2.36. The summed E-state index contributed by atoms with van der Waals surface area (Å²) in [4.78, 5) is 49.4. The molecule has 0 aliphatic carbocycles. The van der Waals surface area contributed by atoms with Crippen LogP contribution < -0.4 is 5.32 Å². The zero-order valence-corrected chi connectivity index (χ0v) is 14.7. The zero-order valence-electron chi connectivity index (χ0n) is 14.7. The summed E-state index contributed by atoms with van der Waals surface area (Å²) in [5.74, 6) is 0.512. The van der Waals surface area contributed by atoms with Crippen LogP contribution in [0.3, 0.4) is 0 Å². The number of rotatable bonds is 7. The molecular formula is C19H20N2O5. The fourth-order valence-electron chi connectivity index (χ4n) is 2.42. The maximum atomic E-state index is 12.4. The van der Waals surface area contributed by atoms with Crippen LogP contribution in [0.15, 0.2) is 18.2 Å². The van der Waals surface area contributed by atoms with Gasteiger partial charge in [0.1, 0.15) is 0 Å². The number of esters is 1. The fraction of sp³-hybridized carbons (Fsp3) is 0.368. The Balaban J connectivity index is 2.07. The van der Waals surface area contributed by atoms with Gasteiger partial charge in [-0.1, -0.05) is 19.8 Å². The third-order valence-corrected chi connectivity index (χ3v) is 3.86. The molecule has 2 rings (SSSR count). The van der Waals surface area contributed by atoms with Crippen molar-refractivity contribution in [2.45, 2.75) is 20.3 Å². The van der Waals surface area contributed by atoms with Crippen molar-refractivity contribution in [3.8, 4) is 12.3 Å². The Morgan fingerprint density at radius 2 is 1.92 bits per heavy atom. The Morgan fingerprint density at radius 1 is 1.23 bits per heavy atom. The van der Waals surface area contributed by atoms with Gasteiger partial charge in [-0.05, 0) is 30.5 Å². The third-order valence-electron chi connectivity index (χ3n) is 3.86. The Hall–Kier alpha value is -3.14. The molecule has 0 unspecified atom stereocenters. The number of ether oxygens (including phenoxy) is 1. The van der Waals surface area contributed by atoms with E-state index in [9.17, 15) is 19.2 Å². The molecule has 1 aliphatic heterocycles. The molecule has 1 aliphatic rings. The fourth-order valence-corrected chi connectivity index (χ4v) is 2.42. The lowest BCUT2D eigenvalue weighted by atomic mass is 10.1. The topological polar surface area (TPSA) is 92.8 Å². The predicted molar refractivity (Wildman–Crippen MR) is 93.4 cm³/mol. The smallest absolute Gasteiger partial charge is 0.338 e. The third kappa shape index (κ3) is 4.28. The van der Waals surface area contributed by atoms with Gasteiger partial charge in [0.05, 0.1) is 23.2 Å². The Labute approximate surface area is 151 Å². The van der Waals surface area contributed by atoms with Crippen LogP contribution in [0, 0.1) is 18.3 Å². The van der Waals surface area contributed by atoms with E-state index in [1.165, 1.54) is 23.1 Å². The summed E-state index contributed by atoms with van der Waals surface area (Å²) in [6.07, 6.45) is 5.71. The number of carbonyl (C=O) groups excluding carboxylic acids is 4. The van der Waals surface area contributed by atoms with E-state index >= 15 is 0 Å². The number of hydrogen-bond donors (Lipinski definition) is 1. The molecule has 7 nitrogen and oxygen atoms in total. The van der Waals surface area contributed by atoms with Gasteiger partial charge < -0.3 is 10.1 Å². The van der Waals surface area contributed by atoms with Crippen LogP contribution in [0.4, 0.5) is 0 Å². The molecule has 136 valence electrons.